The molecule has 2 amide bonds. The Kier molecular flexibility index (Phi) is 1.92. The first-order chi connectivity index (χ1) is 5.75. The SMILES string of the molecule is CN1CCC(C2CNC(=O)N2)C1. The number of carbonyl (C=O) groups excluding carboxylic acids is 1. The van der Waals surface area contributed by atoms with Crippen LogP contribution in [0.4, 0.5) is 4.79 Å². The number of hydrogen-bond donors (Lipinski definition) is 2. The third kappa shape index (κ3) is 1.39. The monoisotopic (exact) mass is 169 g/mol. The lowest BCUT2D eigenvalue weighted by molar-refractivity contribution is 0.246. The van der Waals surface area contributed by atoms with E-state index < -0.39 is 0 Å². The topological polar surface area (TPSA) is 44.4 Å². The van der Waals surface area contributed by atoms with Crippen molar-refractivity contribution in [1.82, 2.24) is 15.5 Å². The Hall–Kier alpha value is -0.770. The molecule has 0 aromatic heterocycles. The van der Waals surface area contributed by atoms with E-state index in [0.717, 1.165) is 19.6 Å². The molecular weight excluding hydrogens is 154 g/mol. The number of hydrogen-bond acceptors (Lipinski definition) is 2. The molecule has 2 fully saturated rings. The van der Waals surface area contributed by atoms with Gasteiger partial charge in [-0.05, 0) is 25.9 Å². The highest BCUT2D eigenvalue weighted by Crippen LogP contribution is 2.19. The predicted molar refractivity (Wildman–Crippen MR) is 45.9 cm³/mol. The molecular formula is C8H15N3O. The Labute approximate surface area is 72.3 Å². The van der Waals surface area contributed by atoms with Gasteiger partial charge in [-0.3, -0.25) is 0 Å². The molecule has 68 valence electrons. The zero-order valence-corrected chi connectivity index (χ0v) is 7.34. The van der Waals surface area contributed by atoms with Crippen molar-refractivity contribution < 1.29 is 4.79 Å². The molecule has 2 N–H and O–H groups in total. The Balaban J connectivity index is 1.89. The molecule has 2 aliphatic heterocycles. The quantitative estimate of drug-likeness (QED) is 0.562. The van der Waals surface area contributed by atoms with Gasteiger partial charge in [0.2, 0.25) is 0 Å². The first-order valence-electron chi connectivity index (χ1n) is 4.48. The second kappa shape index (κ2) is 2.94. The molecule has 0 spiro atoms. The number of carbonyl (C=O) groups is 1. The average molecular weight is 169 g/mol. The predicted octanol–water partition coefficient (Wildman–Crippen LogP) is -0.380. The van der Waals surface area contributed by atoms with E-state index in [9.17, 15) is 4.79 Å². The van der Waals surface area contributed by atoms with E-state index in [4.69, 9.17) is 0 Å². The summed E-state index contributed by atoms with van der Waals surface area (Å²) in [6, 6.07) is 0.358. The van der Waals surface area contributed by atoms with Crippen LogP contribution in [0.1, 0.15) is 6.42 Å². The first-order valence-corrected chi connectivity index (χ1v) is 4.48. The van der Waals surface area contributed by atoms with Crippen molar-refractivity contribution in [3.63, 3.8) is 0 Å². The summed E-state index contributed by atoms with van der Waals surface area (Å²) >= 11 is 0. The molecule has 2 heterocycles. The van der Waals surface area contributed by atoms with E-state index in [-0.39, 0.29) is 6.03 Å². The fourth-order valence-electron chi connectivity index (χ4n) is 2.06. The van der Waals surface area contributed by atoms with Crippen molar-refractivity contribution >= 4 is 6.03 Å². The van der Waals surface area contributed by atoms with Gasteiger partial charge in [-0.15, -0.1) is 0 Å². The zero-order valence-electron chi connectivity index (χ0n) is 7.34. The lowest BCUT2D eigenvalue weighted by Gasteiger charge is -2.16. The van der Waals surface area contributed by atoms with Crippen molar-refractivity contribution in [2.24, 2.45) is 5.92 Å². The van der Waals surface area contributed by atoms with Gasteiger partial charge in [-0.1, -0.05) is 0 Å². The second-order valence-electron chi connectivity index (χ2n) is 3.77. The summed E-state index contributed by atoms with van der Waals surface area (Å²) in [4.78, 5) is 13.2. The number of amides is 2. The van der Waals surface area contributed by atoms with E-state index in [2.05, 4.69) is 22.6 Å². The molecule has 0 saturated carbocycles. The Morgan fingerprint density at radius 1 is 1.58 bits per heavy atom. The molecule has 12 heavy (non-hydrogen) atoms. The van der Waals surface area contributed by atoms with Crippen molar-refractivity contribution in [3.05, 3.63) is 0 Å². The maximum absolute atomic E-state index is 10.9. The van der Waals surface area contributed by atoms with Crippen LogP contribution in [0.2, 0.25) is 0 Å². The average Bonchev–Trinajstić information content (AvgIpc) is 2.58. The van der Waals surface area contributed by atoms with Crippen molar-refractivity contribution in [2.45, 2.75) is 12.5 Å². The number of nitrogens with one attached hydrogen (secondary N) is 2. The molecule has 4 nitrogen and oxygen atoms in total. The zero-order chi connectivity index (χ0) is 8.55. The largest absolute Gasteiger partial charge is 0.336 e. The van der Waals surface area contributed by atoms with Crippen LogP contribution in [0, 0.1) is 5.92 Å². The van der Waals surface area contributed by atoms with Gasteiger partial charge in [-0.25, -0.2) is 4.79 Å². The van der Waals surface area contributed by atoms with Gasteiger partial charge in [0, 0.05) is 13.1 Å². The molecule has 2 unspecified atom stereocenters. The summed E-state index contributed by atoms with van der Waals surface area (Å²) in [6.07, 6.45) is 1.21. The maximum atomic E-state index is 10.9. The standard InChI is InChI=1S/C8H15N3O/c1-11-3-2-6(5-11)7-4-9-8(12)10-7/h6-7H,2-5H2,1H3,(H2,9,10,12). The summed E-state index contributed by atoms with van der Waals surface area (Å²) in [6.45, 7) is 3.08. The molecule has 0 aliphatic carbocycles. The fourth-order valence-corrected chi connectivity index (χ4v) is 2.06. The van der Waals surface area contributed by atoms with Crippen LogP contribution in [-0.2, 0) is 0 Å². The van der Waals surface area contributed by atoms with Gasteiger partial charge < -0.3 is 15.5 Å². The van der Waals surface area contributed by atoms with E-state index >= 15 is 0 Å². The Morgan fingerprint density at radius 2 is 2.42 bits per heavy atom. The molecule has 2 rings (SSSR count). The third-order valence-corrected chi connectivity index (χ3v) is 2.80. The van der Waals surface area contributed by atoms with Crippen molar-refractivity contribution in [2.75, 3.05) is 26.7 Å². The normalized spacial score (nSPS) is 36.6. The van der Waals surface area contributed by atoms with Crippen molar-refractivity contribution in [3.8, 4) is 0 Å². The minimum absolute atomic E-state index is 0.00504. The highest BCUT2D eigenvalue weighted by Gasteiger charge is 2.32. The molecule has 0 bridgehead atoms. The molecule has 2 saturated heterocycles. The highest BCUT2D eigenvalue weighted by atomic mass is 16.2. The van der Waals surface area contributed by atoms with Crippen LogP contribution in [0.25, 0.3) is 0 Å². The van der Waals surface area contributed by atoms with Crippen LogP contribution in [0.5, 0.6) is 0 Å². The van der Waals surface area contributed by atoms with E-state index in [1.165, 1.54) is 6.42 Å². The lowest BCUT2D eigenvalue weighted by atomic mass is 10.0. The number of nitrogens with zero attached hydrogens (tertiary/aromatic N) is 1. The maximum Gasteiger partial charge on any atom is 0.315 e. The number of rotatable bonds is 1. The molecule has 2 aliphatic rings. The van der Waals surface area contributed by atoms with Crippen molar-refractivity contribution in [1.29, 1.82) is 0 Å². The summed E-state index contributed by atoms with van der Waals surface area (Å²) in [7, 11) is 2.13. The van der Waals surface area contributed by atoms with Gasteiger partial charge in [0.25, 0.3) is 0 Å². The smallest absolute Gasteiger partial charge is 0.315 e. The minimum atomic E-state index is -0.00504. The van der Waals surface area contributed by atoms with Gasteiger partial charge in [0.15, 0.2) is 0 Å². The highest BCUT2D eigenvalue weighted by molar-refractivity contribution is 5.76. The number of urea groups is 1. The molecule has 4 heteroatoms. The Morgan fingerprint density at radius 3 is 2.92 bits per heavy atom. The van der Waals surface area contributed by atoms with E-state index in [1.54, 1.807) is 0 Å². The van der Waals surface area contributed by atoms with Crippen LogP contribution in [0.3, 0.4) is 0 Å². The first kappa shape index (κ1) is 7.86. The van der Waals surface area contributed by atoms with Gasteiger partial charge >= 0.3 is 6.03 Å². The summed E-state index contributed by atoms with van der Waals surface area (Å²) in [5.41, 5.74) is 0. The second-order valence-corrected chi connectivity index (χ2v) is 3.77. The van der Waals surface area contributed by atoms with Gasteiger partial charge in [0.05, 0.1) is 6.04 Å². The third-order valence-electron chi connectivity index (χ3n) is 2.80. The van der Waals surface area contributed by atoms with Gasteiger partial charge in [-0.2, -0.15) is 0 Å². The summed E-state index contributed by atoms with van der Waals surface area (Å²) in [5, 5.41) is 5.73. The summed E-state index contributed by atoms with van der Waals surface area (Å²) < 4.78 is 0. The molecule has 0 radical (unpaired) electrons. The minimum Gasteiger partial charge on any atom is -0.336 e. The van der Waals surface area contributed by atoms with Crippen LogP contribution < -0.4 is 10.6 Å². The summed E-state index contributed by atoms with van der Waals surface area (Å²) in [5.74, 6) is 0.647. The van der Waals surface area contributed by atoms with E-state index in [0.29, 0.717) is 12.0 Å². The van der Waals surface area contributed by atoms with Crippen LogP contribution >= 0.6 is 0 Å². The number of likely N-dealkylation sites (tertiary alicyclic amines) is 1. The Bertz CT molecular complexity index is 195. The van der Waals surface area contributed by atoms with Crippen LogP contribution in [0.15, 0.2) is 0 Å². The molecule has 0 aromatic carbocycles. The van der Waals surface area contributed by atoms with Crippen LogP contribution in [-0.4, -0.2) is 43.7 Å². The van der Waals surface area contributed by atoms with E-state index in [1.807, 2.05) is 0 Å². The lowest BCUT2D eigenvalue weighted by Crippen LogP contribution is -2.35. The molecule has 2 atom stereocenters. The van der Waals surface area contributed by atoms with Gasteiger partial charge in [0.1, 0.15) is 0 Å². The fraction of sp³-hybridized carbons (Fsp3) is 0.875. The molecule has 0 aromatic rings.